The zero-order chi connectivity index (χ0) is 20.5. The number of anilines is 1. The summed E-state index contributed by atoms with van der Waals surface area (Å²) < 4.78 is 7.30. The maximum Gasteiger partial charge on any atom is 0.322 e. The van der Waals surface area contributed by atoms with Crippen LogP contribution in [0.5, 0.6) is 0 Å². The molecular weight excluding hydrogens is 382 g/mol. The number of benzene rings is 2. The summed E-state index contributed by atoms with van der Waals surface area (Å²) in [6.07, 6.45) is 3.85. The van der Waals surface area contributed by atoms with Crippen LogP contribution in [0.2, 0.25) is 0 Å². The van der Waals surface area contributed by atoms with E-state index in [0.29, 0.717) is 28.9 Å². The van der Waals surface area contributed by atoms with Crippen molar-refractivity contribution in [3.05, 3.63) is 70.3 Å². The van der Waals surface area contributed by atoms with Gasteiger partial charge < -0.3 is 4.42 Å². The Balaban J connectivity index is 1.43. The van der Waals surface area contributed by atoms with Gasteiger partial charge in [-0.25, -0.2) is 4.98 Å². The molecule has 8 nitrogen and oxygen atoms in total. The van der Waals surface area contributed by atoms with Gasteiger partial charge in [-0.3, -0.25) is 19.5 Å². The SMILES string of the molecule is O=C(Nc1nnc(-c2ccccc2)o1)c1ccc2c(=O)n3c(nc2c1)CCCCC3. The molecule has 2 aromatic heterocycles. The Morgan fingerprint density at radius 3 is 2.77 bits per heavy atom. The van der Waals surface area contributed by atoms with Crippen LogP contribution in [0.25, 0.3) is 22.4 Å². The van der Waals surface area contributed by atoms with Gasteiger partial charge in [-0.05, 0) is 43.2 Å². The van der Waals surface area contributed by atoms with Crippen molar-refractivity contribution in [1.29, 1.82) is 0 Å². The van der Waals surface area contributed by atoms with Crippen molar-refractivity contribution in [2.45, 2.75) is 32.2 Å². The predicted molar refractivity (Wildman–Crippen MR) is 111 cm³/mol. The summed E-state index contributed by atoms with van der Waals surface area (Å²) in [5.74, 6) is 0.700. The summed E-state index contributed by atoms with van der Waals surface area (Å²) in [6, 6.07) is 14.2. The fourth-order valence-electron chi connectivity index (χ4n) is 3.70. The van der Waals surface area contributed by atoms with Crippen molar-refractivity contribution >= 4 is 22.8 Å². The minimum atomic E-state index is -0.406. The van der Waals surface area contributed by atoms with Crippen molar-refractivity contribution in [1.82, 2.24) is 19.7 Å². The van der Waals surface area contributed by atoms with Gasteiger partial charge in [0, 0.05) is 24.1 Å². The lowest BCUT2D eigenvalue weighted by Crippen LogP contribution is -2.24. The monoisotopic (exact) mass is 401 g/mol. The Bertz CT molecular complexity index is 1290. The maximum absolute atomic E-state index is 12.8. The van der Waals surface area contributed by atoms with Crippen LogP contribution in [0.1, 0.15) is 35.4 Å². The van der Waals surface area contributed by atoms with Crippen LogP contribution in [-0.4, -0.2) is 25.7 Å². The molecule has 0 aliphatic carbocycles. The molecule has 0 fully saturated rings. The number of aromatic nitrogens is 4. The van der Waals surface area contributed by atoms with E-state index in [1.54, 1.807) is 22.8 Å². The van der Waals surface area contributed by atoms with Gasteiger partial charge in [0.25, 0.3) is 11.5 Å². The second-order valence-corrected chi connectivity index (χ2v) is 7.26. The molecule has 0 spiro atoms. The number of carbonyl (C=O) groups is 1. The molecule has 4 aromatic rings. The molecule has 0 saturated heterocycles. The van der Waals surface area contributed by atoms with E-state index in [4.69, 9.17) is 4.42 Å². The van der Waals surface area contributed by atoms with Gasteiger partial charge >= 0.3 is 6.01 Å². The first kappa shape index (κ1) is 18.2. The van der Waals surface area contributed by atoms with Crippen molar-refractivity contribution in [3.8, 4) is 11.5 Å². The average molecular weight is 401 g/mol. The summed E-state index contributed by atoms with van der Waals surface area (Å²) in [6.45, 7) is 0.695. The Labute approximate surface area is 171 Å². The van der Waals surface area contributed by atoms with E-state index in [9.17, 15) is 9.59 Å². The normalized spacial score (nSPS) is 13.6. The van der Waals surface area contributed by atoms with Crippen molar-refractivity contribution in [2.24, 2.45) is 0 Å². The van der Waals surface area contributed by atoms with E-state index in [2.05, 4.69) is 20.5 Å². The molecule has 0 bridgehead atoms. The summed E-state index contributed by atoms with van der Waals surface area (Å²) in [5.41, 5.74) is 1.61. The van der Waals surface area contributed by atoms with E-state index >= 15 is 0 Å². The highest BCUT2D eigenvalue weighted by Gasteiger charge is 2.17. The molecule has 1 N–H and O–H groups in total. The number of hydrogen-bond donors (Lipinski definition) is 1. The Morgan fingerprint density at radius 2 is 1.90 bits per heavy atom. The third kappa shape index (κ3) is 3.36. The molecule has 30 heavy (non-hydrogen) atoms. The zero-order valence-electron chi connectivity index (χ0n) is 16.2. The molecule has 150 valence electrons. The lowest BCUT2D eigenvalue weighted by Gasteiger charge is -2.10. The zero-order valence-corrected chi connectivity index (χ0v) is 16.2. The lowest BCUT2D eigenvalue weighted by atomic mass is 10.1. The van der Waals surface area contributed by atoms with E-state index in [1.807, 2.05) is 30.3 Å². The first-order valence-electron chi connectivity index (χ1n) is 9.93. The first-order chi connectivity index (χ1) is 14.7. The standard InChI is InChI=1S/C22H19N5O3/c28-19(24-22-26-25-20(30-22)14-7-3-1-4-8-14)15-10-11-16-17(13-15)23-18-9-5-2-6-12-27(18)21(16)29/h1,3-4,7-8,10-11,13H,2,5-6,9,12H2,(H,24,26,28). The molecule has 1 amide bonds. The molecule has 1 aliphatic rings. The van der Waals surface area contributed by atoms with Crippen molar-refractivity contribution in [3.63, 3.8) is 0 Å². The third-order valence-corrected chi connectivity index (χ3v) is 5.24. The quantitative estimate of drug-likeness (QED) is 0.564. The van der Waals surface area contributed by atoms with Gasteiger partial charge in [0.05, 0.1) is 10.9 Å². The molecule has 0 unspecified atom stereocenters. The summed E-state index contributed by atoms with van der Waals surface area (Å²) in [4.78, 5) is 30.2. The molecule has 0 radical (unpaired) electrons. The largest absolute Gasteiger partial charge is 0.403 e. The van der Waals surface area contributed by atoms with Gasteiger partial charge in [0.15, 0.2) is 0 Å². The first-order valence-corrected chi connectivity index (χ1v) is 9.93. The Kier molecular flexibility index (Phi) is 4.59. The van der Waals surface area contributed by atoms with Gasteiger partial charge in [-0.15, -0.1) is 5.10 Å². The predicted octanol–water partition coefficient (Wildman–Crippen LogP) is 3.43. The minimum absolute atomic E-state index is 0.00825. The van der Waals surface area contributed by atoms with Gasteiger partial charge in [0.2, 0.25) is 5.89 Å². The lowest BCUT2D eigenvalue weighted by molar-refractivity contribution is 0.102. The van der Waals surface area contributed by atoms with Crippen LogP contribution in [0.4, 0.5) is 6.01 Å². The van der Waals surface area contributed by atoms with Crippen LogP contribution in [-0.2, 0) is 13.0 Å². The van der Waals surface area contributed by atoms with Crippen molar-refractivity contribution in [2.75, 3.05) is 5.32 Å². The fraction of sp³-hybridized carbons (Fsp3) is 0.227. The van der Waals surface area contributed by atoms with Crippen LogP contribution >= 0.6 is 0 Å². The number of carbonyl (C=O) groups excluding carboxylic acids is 1. The van der Waals surface area contributed by atoms with E-state index < -0.39 is 5.91 Å². The number of aryl methyl sites for hydroxylation is 1. The minimum Gasteiger partial charge on any atom is -0.403 e. The second kappa shape index (κ2) is 7.55. The summed E-state index contributed by atoms with van der Waals surface area (Å²) >= 11 is 0. The van der Waals surface area contributed by atoms with E-state index in [1.165, 1.54) is 0 Å². The van der Waals surface area contributed by atoms with Crippen LogP contribution < -0.4 is 10.9 Å². The highest BCUT2D eigenvalue weighted by molar-refractivity contribution is 6.05. The van der Waals surface area contributed by atoms with Gasteiger partial charge in [0.1, 0.15) is 5.82 Å². The van der Waals surface area contributed by atoms with E-state index in [0.717, 1.165) is 37.1 Å². The summed E-state index contributed by atoms with van der Waals surface area (Å²) in [7, 11) is 0. The molecule has 2 aromatic carbocycles. The number of nitrogens with one attached hydrogen (secondary N) is 1. The molecule has 8 heteroatoms. The molecule has 3 heterocycles. The van der Waals surface area contributed by atoms with Gasteiger partial charge in [-0.1, -0.05) is 29.7 Å². The average Bonchev–Trinajstić information content (AvgIpc) is 3.11. The third-order valence-electron chi connectivity index (χ3n) is 5.24. The van der Waals surface area contributed by atoms with Crippen LogP contribution in [0.3, 0.4) is 0 Å². The van der Waals surface area contributed by atoms with E-state index in [-0.39, 0.29) is 11.6 Å². The summed E-state index contributed by atoms with van der Waals surface area (Å²) in [5, 5.41) is 11.0. The number of hydrogen-bond acceptors (Lipinski definition) is 6. The molecule has 5 rings (SSSR count). The van der Waals surface area contributed by atoms with Crippen LogP contribution in [0.15, 0.2) is 57.7 Å². The number of fused-ring (bicyclic) bond motifs is 2. The highest BCUT2D eigenvalue weighted by atomic mass is 16.4. The topological polar surface area (TPSA) is 103 Å². The number of rotatable bonds is 3. The maximum atomic E-state index is 12.8. The van der Waals surface area contributed by atoms with Crippen molar-refractivity contribution < 1.29 is 9.21 Å². The fourth-order valence-corrected chi connectivity index (χ4v) is 3.70. The molecule has 0 saturated carbocycles. The van der Waals surface area contributed by atoms with Crippen LogP contribution in [0, 0.1) is 0 Å². The second-order valence-electron chi connectivity index (χ2n) is 7.26. The smallest absolute Gasteiger partial charge is 0.322 e. The Morgan fingerprint density at radius 1 is 1.03 bits per heavy atom. The van der Waals surface area contributed by atoms with Gasteiger partial charge in [-0.2, -0.15) is 0 Å². The molecular formula is C22H19N5O3. The molecule has 0 atom stereocenters. The highest BCUT2D eigenvalue weighted by Crippen LogP contribution is 2.20. The number of amides is 1. The molecule has 1 aliphatic heterocycles. The Hall–Kier alpha value is -3.81. The number of nitrogens with zero attached hydrogens (tertiary/aromatic N) is 4.